The van der Waals surface area contributed by atoms with Crippen LogP contribution in [0.5, 0.6) is 0 Å². The standard InChI is InChI=1S/C2HClF2NO/c3-2(4,5)1(6)7/h6H. The van der Waals surface area contributed by atoms with Gasteiger partial charge in [-0.1, -0.05) is 0 Å². The van der Waals surface area contributed by atoms with Crippen molar-refractivity contribution in [2.45, 2.75) is 5.38 Å². The van der Waals surface area contributed by atoms with Crippen LogP contribution in [0, 0.1) is 0 Å². The fourth-order valence-corrected chi connectivity index (χ4v) is 0. The molecule has 7 heavy (non-hydrogen) atoms. The van der Waals surface area contributed by atoms with Crippen molar-refractivity contribution in [3.05, 3.63) is 0 Å². The summed E-state index contributed by atoms with van der Waals surface area (Å²) in [6.07, 6.45) is 0. The summed E-state index contributed by atoms with van der Waals surface area (Å²) >= 11 is 4.00. The second-order valence-corrected chi connectivity index (χ2v) is 1.30. The molecule has 5 heteroatoms. The molecule has 1 N–H and O–H groups in total. The number of hydrogen-bond donors (Lipinski definition) is 0. The molecule has 0 atom stereocenters. The van der Waals surface area contributed by atoms with E-state index in [1.807, 2.05) is 0 Å². The second kappa shape index (κ2) is 1.61. The summed E-state index contributed by atoms with van der Waals surface area (Å²) in [5, 5.41) is -4.00. The SMILES string of the molecule is [NH]C(=O)C(F)(F)Cl. The predicted octanol–water partition coefficient (Wildman–Crippen LogP) is 0.627. The maximum atomic E-state index is 11.1. The molecule has 0 rings (SSSR count). The van der Waals surface area contributed by atoms with Crippen molar-refractivity contribution in [2.24, 2.45) is 0 Å². The Bertz CT molecular complexity index is 88.2. The van der Waals surface area contributed by atoms with E-state index in [4.69, 9.17) is 5.73 Å². The van der Waals surface area contributed by atoms with Crippen molar-refractivity contribution in [3.8, 4) is 0 Å². The van der Waals surface area contributed by atoms with E-state index in [0.29, 0.717) is 0 Å². The van der Waals surface area contributed by atoms with Crippen LogP contribution in [0.1, 0.15) is 0 Å². The van der Waals surface area contributed by atoms with E-state index in [1.54, 1.807) is 0 Å². The van der Waals surface area contributed by atoms with Crippen molar-refractivity contribution in [2.75, 3.05) is 0 Å². The van der Waals surface area contributed by atoms with Gasteiger partial charge in [-0.3, -0.25) is 10.5 Å². The Kier molecular flexibility index (Phi) is 1.53. The molecule has 0 aromatic rings. The van der Waals surface area contributed by atoms with E-state index in [1.165, 1.54) is 0 Å². The molecule has 2 nitrogen and oxygen atoms in total. The van der Waals surface area contributed by atoms with Crippen LogP contribution >= 0.6 is 11.6 Å². The summed E-state index contributed by atoms with van der Waals surface area (Å²) < 4.78 is 22.1. The molecular weight excluding hydrogens is 127 g/mol. The van der Waals surface area contributed by atoms with Crippen molar-refractivity contribution >= 4 is 17.5 Å². The minimum Gasteiger partial charge on any atom is -0.265 e. The maximum absolute atomic E-state index is 11.1. The lowest BCUT2D eigenvalue weighted by molar-refractivity contribution is -0.132. The van der Waals surface area contributed by atoms with E-state index in [9.17, 15) is 13.6 Å². The second-order valence-electron chi connectivity index (χ2n) is 0.827. The minimum absolute atomic E-state index is 2.07. The fourth-order valence-electron chi connectivity index (χ4n) is 0. The molecule has 0 spiro atoms. The van der Waals surface area contributed by atoms with Gasteiger partial charge in [0.15, 0.2) is 0 Å². The molecule has 0 aromatic heterocycles. The molecule has 0 aromatic carbocycles. The third-order valence-electron chi connectivity index (χ3n) is 0.257. The first-order valence-corrected chi connectivity index (χ1v) is 1.65. The largest absolute Gasteiger partial charge is 0.401 e. The molecule has 1 radical (unpaired) electrons. The average Bonchev–Trinajstić information content (AvgIpc) is 1.31. The lowest BCUT2D eigenvalue weighted by Crippen LogP contribution is -2.21. The van der Waals surface area contributed by atoms with E-state index in [-0.39, 0.29) is 0 Å². The first-order chi connectivity index (χ1) is 2.94. The van der Waals surface area contributed by atoms with Gasteiger partial charge in [-0.25, -0.2) is 0 Å². The van der Waals surface area contributed by atoms with Crippen LogP contribution in [0.25, 0.3) is 0 Å². The minimum atomic E-state index is -4.00. The average molecular weight is 128 g/mol. The summed E-state index contributed by atoms with van der Waals surface area (Å²) in [5.41, 5.74) is 5.71. The third kappa shape index (κ3) is 2.33. The number of nitrogens with one attached hydrogen (secondary N) is 1. The van der Waals surface area contributed by atoms with Crippen LogP contribution in [0.2, 0.25) is 0 Å². The number of carbonyl (C=O) groups is 1. The molecule has 0 saturated heterocycles. The highest BCUT2D eigenvalue weighted by atomic mass is 35.5. The van der Waals surface area contributed by atoms with Crippen LogP contribution in [-0.2, 0) is 4.79 Å². The van der Waals surface area contributed by atoms with E-state index in [2.05, 4.69) is 11.6 Å². The first-order valence-electron chi connectivity index (χ1n) is 1.27. The third-order valence-corrected chi connectivity index (χ3v) is 0.429. The molecule has 0 unspecified atom stereocenters. The van der Waals surface area contributed by atoms with Crippen molar-refractivity contribution in [1.29, 1.82) is 0 Å². The molecule has 0 bridgehead atoms. The normalized spacial score (nSPS) is 11.3. The number of halogens is 3. The smallest absolute Gasteiger partial charge is 0.265 e. The Morgan fingerprint density at radius 2 is 1.86 bits per heavy atom. The summed E-state index contributed by atoms with van der Waals surface area (Å²) in [5.74, 6) is -2.07. The fraction of sp³-hybridized carbons (Fsp3) is 0.500. The highest BCUT2D eigenvalue weighted by Crippen LogP contribution is 2.17. The van der Waals surface area contributed by atoms with Gasteiger partial charge in [0.25, 0.3) is 0 Å². The topological polar surface area (TPSA) is 40.9 Å². The number of hydrogen-bond acceptors (Lipinski definition) is 1. The lowest BCUT2D eigenvalue weighted by atomic mass is 10.7. The van der Waals surface area contributed by atoms with Gasteiger partial charge < -0.3 is 0 Å². The number of carbonyl (C=O) groups excluding carboxylic acids is 1. The first kappa shape index (κ1) is 6.62. The monoisotopic (exact) mass is 128 g/mol. The Morgan fingerprint density at radius 1 is 1.71 bits per heavy atom. The van der Waals surface area contributed by atoms with Crippen molar-refractivity contribution in [1.82, 2.24) is 5.73 Å². The molecule has 0 aliphatic carbocycles. The van der Waals surface area contributed by atoms with Crippen LogP contribution in [0.15, 0.2) is 0 Å². The highest BCUT2D eigenvalue weighted by Gasteiger charge is 2.33. The lowest BCUT2D eigenvalue weighted by Gasteiger charge is -1.96. The van der Waals surface area contributed by atoms with E-state index >= 15 is 0 Å². The molecule has 0 heterocycles. The summed E-state index contributed by atoms with van der Waals surface area (Å²) in [7, 11) is 0. The van der Waals surface area contributed by atoms with Gasteiger partial charge in [0, 0.05) is 0 Å². The van der Waals surface area contributed by atoms with Gasteiger partial charge in [-0.05, 0) is 11.6 Å². The zero-order valence-electron chi connectivity index (χ0n) is 3.04. The Hall–Kier alpha value is -0.380. The Balaban J connectivity index is 3.79. The number of rotatable bonds is 1. The molecule has 41 valence electrons. The Labute approximate surface area is 43.2 Å². The van der Waals surface area contributed by atoms with Crippen molar-refractivity contribution < 1.29 is 13.6 Å². The molecule has 0 aliphatic rings. The van der Waals surface area contributed by atoms with Crippen molar-refractivity contribution in [3.63, 3.8) is 0 Å². The summed E-state index contributed by atoms with van der Waals surface area (Å²) in [6.45, 7) is 0. The quantitative estimate of drug-likeness (QED) is 0.478. The van der Waals surface area contributed by atoms with Crippen LogP contribution in [-0.4, -0.2) is 11.3 Å². The Morgan fingerprint density at radius 3 is 1.86 bits per heavy atom. The van der Waals surface area contributed by atoms with E-state index in [0.717, 1.165) is 0 Å². The highest BCUT2D eigenvalue weighted by molar-refractivity contribution is 6.31. The van der Waals surface area contributed by atoms with Gasteiger partial charge >= 0.3 is 11.3 Å². The maximum Gasteiger partial charge on any atom is 0.401 e. The summed E-state index contributed by atoms with van der Waals surface area (Å²) in [6, 6.07) is 0. The number of amides is 1. The van der Waals surface area contributed by atoms with Gasteiger partial charge in [-0.15, -0.1) is 0 Å². The van der Waals surface area contributed by atoms with Crippen LogP contribution < -0.4 is 5.73 Å². The summed E-state index contributed by atoms with van der Waals surface area (Å²) in [4.78, 5) is 9.25. The van der Waals surface area contributed by atoms with Gasteiger partial charge in [0.1, 0.15) is 0 Å². The predicted molar refractivity (Wildman–Crippen MR) is 18.9 cm³/mol. The van der Waals surface area contributed by atoms with Crippen LogP contribution in [0.4, 0.5) is 8.78 Å². The number of alkyl halides is 3. The zero-order chi connectivity index (χ0) is 6.08. The molecule has 0 saturated carbocycles. The van der Waals surface area contributed by atoms with Gasteiger partial charge in [0.2, 0.25) is 0 Å². The molecule has 1 amide bonds. The molecular formula is C2HClF2NO. The van der Waals surface area contributed by atoms with E-state index < -0.39 is 11.3 Å². The molecule has 0 fully saturated rings. The van der Waals surface area contributed by atoms with Gasteiger partial charge in [-0.2, -0.15) is 8.78 Å². The molecule has 0 aliphatic heterocycles. The van der Waals surface area contributed by atoms with Crippen LogP contribution in [0.3, 0.4) is 0 Å². The van der Waals surface area contributed by atoms with Gasteiger partial charge in [0.05, 0.1) is 0 Å². The zero-order valence-corrected chi connectivity index (χ0v) is 3.80.